The standard InChI is InChI=1S/C26H33ClN2O6/c1-5-11-28(21-15(4)7-6-8-17(21)27)24(32)22-26-10-9-18(35-26)19(25(33)34)20(26)23(31)29(22)16(13-30)12-14(2)3/h5-8,14,16,18-20,22,30H,1,9-13H2,2-4H3,(H,33,34)/t16-,18+,19-,20+,22?,26?/m1/s1. The highest BCUT2D eigenvalue weighted by molar-refractivity contribution is 6.34. The summed E-state index contributed by atoms with van der Waals surface area (Å²) in [4.78, 5) is 43.4. The van der Waals surface area contributed by atoms with Gasteiger partial charge in [0, 0.05) is 6.54 Å². The van der Waals surface area contributed by atoms with Crippen LogP contribution in [0.2, 0.25) is 5.02 Å². The van der Waals surface area contributed by atoms with Crippen molar-refractivity contribution in [3.05, 3.63) is 41.4 Å². The lowest BCUT2D eigenvalue weighted by atomic mass is 9.70. The number of nitrogens with zero attached hydrogens (tertiary/aromatic N) is 2. The summed E-state index contributed by atoms with van der Waals surface area (Å²) < 4.78 is 6.29. The molecule has 190 valence electrons. The molecule has 3 aliphatic heterocycles. The van der Waals surface area contributed by atoms with Crippen molar-refractivity contribution in [2.24, 2.45) is 17.8 Å². The van der Waals surface area contributed by atoms with E-state index in [4.69, 9.17) is 16.3 Å². The molecule has 1 aromatic rings. The zero-order chi connectivity index (χ0) is 25.7. The number of benzene rings is 1. The summed E-state index contributed by atoms with van der Waals surface area (Å²) in [6, 6.07) is 3.60. The number of carbonyl (C=O) groups excluding carboxylic acids is 2. The van der Waals surface area contributed by atoms with Gasteiger partial charge in [-0.3, -0.25) is 14.4 Å². The van der Waals surface area contributed by atoms with Gasteiger partial charge in [-0.2, -0.15) is 0 Å². The average molecular weight is 505 g/mol. The number of hydrogen-bond donors (Lipinski definition) is 2. The van der Waals surface area contributed by atoms with Gasteiger partial charge in [-0.25, -0.2) is 0 Å². The first-order chi connectivity index (χ1) is 16.6. The van der Waals surface area contributed by atoms with E-state index in [2.05, 4.69) is 6.58 Å². The van der Waals surface area contributed by atoms with Crippen LogP contribution in [-0.2, 0) is 19.1 Å². The van der Waals surface area contributed by atoms with Gasteiger partial charge in [0.05, 0.1) is 41.3 Å². The van der Waals surface area contributed by atoms with E-state index >= 15 is 0 Å². The summed E-state index contributed by atoms with van der Waals surface area (Å²) in [5.41, 5.74) is 0.0255. The Bertz CT molecular complexity index is 1020. The van der Waals surface area contributed by atoms with Gasteiger partial charge < -0.3 is 24.7 Å². The van der Waals surface area contributed by atoms with Crippen molar-refractivity contribution in [1.29, 1.82) is 0 Å². The number of halogens is 1. The highest BCUT2D eigenvalue weighted by atomic mass is 35.5. The molecule has 2 bridgehead atoms. The van der Waals surface area contributed by atoms with Crippen LogP contribution in [0.3, 0.4) is 0 Å². The van der Waals surface area contributed by atoms with Crippen molar-refractivity contribution in [2.75, 3.05) is 18.1 Å². The van der Waals surface area contributed by atoms with E-state index in [9.17, 15) is 24.6 Å². The molecule has 0 saturated carbocycles. The van der Waals surface area contributed by atoms with Crippen LogP contribution >= 0.6 is 11.6 Å². The van der Waals surface area contributed by atoms with Crippen molar-refractivity contribution in [1.82, 2.24) is 4.90 Å². The second-order valence-corrected chi connectivity index (χ2v) is 10.7. The van der Waals surface area contributed by atoms with Crippen molar-refractivity contribution in [3.8, 4) is 0 Å². The van der Waals surface area contributed by atoms with Crippen LogP contribution in [0.5, 0.6) is 0 Å². The Balaban J connectivity index is 1.87. The van der Waals surface area contributed by atoms with Crippen LogP contribution in [0.1, 0.15) is 38.7 Å². The first kappa shape index (κ1) is 25.7. The molecule has 0 aliphatic carbocycles. The molecule has 9 heteroatoms. The molecule has 0 radical (unpaired) electrons. The third-order valence-electron chi connectivity index (χ3n) is 7.64. The predicted octanol–water partition coefficient (Wildman–Crippen LogP) is 3.03. The van der Waals surface area contributed by atoms with Gasteiger partial charge >= 0.3 is 5.97 Å². The van der Waals surface area contributed by atoms with Gasteiger partial charge in [0.25, 0.3) is 5.91 Å². The number of aryl methyl sites for hydroxylation is 1. The Morgan fingerprint density at radius 3 is 2.69 bits per heavy atom. The van der Waals surface area contributed by atoms with E-state index in [1.54, 1.807) is 18.2 Å². The number of aliphatic hydroxyl groups is 1. The highest BCUT2D eigenvalue weighted by Crippen LogP contribution is 2.59. The monoisotopic (exact) mass is 504 g/mol. The zero-order valence-electron chi connectivity index (χ0n) is 20.3. The molecule has 3 heterocycles. The highest BCUT2D eigenvalue weighted by Gasteiger charge is 2.75. The van der Waals surface area contributed by atoms with Crippen LogP contribution in [-0.4, -0.2) is 69.8 Å². The lowest BCUT2D eigenvalue weighted by Gasteiger charge is -2.40. The Labute approximate surface area is 210 Å². The lowest BCUT2D eigenvalue weighted by molar-refractivity contribution is -0.151. The van der Waals surface area contributed by atoms with Crippen molar-refractivity contribution >= 4 is 35.1 Å². The minimum atomic E-state index is -1.26. The first-order valence-corrected chi connectivity index (χ1v) is 12.5. The number of fused-ring (bicyclic) bond motifs is 1. The van der Waals surface area contributed by atoms with Crippen molar-refractivity contribution < 1.29 is 29.3 Å². The molecule has 1 aromatic carbocycles. The fourth-order valence-corrected chi connectivity index (χ4v) is 6.72. The number of carboxylic acids is 1. The van der Waals surface area contributed by atoms with Gasteiger partial charge in [-0.15, -0.1) is 6.58 Å². The van der Waals surface area contributed by atoms with Crippen LogP contribution < -0.4 is 4.90 Å². The number of rotatable bonds is 9. The van der Waals surface area contributed by atoms with Crippen LogP contribution in [0.4, 0.5) is 5.69 Å². The maximum absolute atomic E-state index is 14.4. The summed E-state index contributed by atoms with van der Waals surface area (Å²) in [6.45, 7) is 9.38. The molecule has 6 atom stereocenters. The molecule has 3 saturated heterocycles. The topological polar surface area (TPSA) is 107 Å². The molecule has 2 N–H and O–H groups in total. The number of para-hydroxylation sites is 1. The molecule has 35 heavy (non-hydrogen) atoms. The van der Waals surface area contributed by atoms with E-state index in [1.165, 1.54) is 9.80 Å². The summed E-state index contributed by atoms with van der Waals surface area (Å²) in [5, 5.41) is 20.6. The molecule has 3 aliphatic rings. The second kappa shape index (κ2) is 9.56. The summed E-state index contributed by atoms with van der Waals surface area (Å²) in [7, 11) is 0. The van der Waals surface area contributed by atoms with E-state index in [0.29, 0.717) is 30.0 Å². The van der Waals surface area contributed by atoms with Gasteiger partial charge in [0.2, 0.25) is 5.91 Å². The van der Waals surface area contributed by atoms with Crippen molar-refractivity contribution in [3.63, 3.8) is 0 Å². The van der Waals surface area contributed by atoms with Crippen molar-refractivity contribution in [2.45, 2.75) is 63.8 Å². The molecule has 0 aromatic heterocycles. The summed E-state index contributed by atoms with van der Waals surface area (Å²) >= 11 is 6.53. The predicted molar refractivity (Wildman–Crippen MR) is 131 cm³/mol. The van der Waals surface area contributed by atoms with Crippen LogP contribution in [0.15, 0.2) is 30.9 Å². The SMILES string of the molecule is C=CCN(C(=O)C1N([C@@H](CO)CC(C)C)C(=O)[C@@H]2[C@H](C(=O)O)[C@@H]3CCC12O3)c1c(C)cccc1Cl. The number of aliphatic carboxylic acids is 1. The molecular formula is C26H33ClN2O6. The fourth-order valence-electron chi connectivity index (χ4n) is 6.40. The number of amides is 2. The lowest BCUT2D eigenvalue weighted by Crippen LogP contribution is -2.59. The second-order valence-electron chi connectivity index (χ2n) is 10.2. The van der Waals surface area contributed by atoms with E-state index in [1.807, 2.05) is 26.8 Å². The van der Waals surface area contributed by atoms with Crippen LogP contribution in [0, 0.1) is 24.7 Å². The molecule has 2 unspecified atom stereocenters. The molecule has 2 amide bonds. The quantitative estimate of drug-likeness (QED) is 0.500. The molecule has 1 spiro atoms. The number of anilines is 1. The number of likely N-dealkylation sites (tertiary alicyclic amines) is 1. The van der Waals surface area contributed by atoms with Gasteiger partial charge in [0.1, 0.15) is 11.6 Å². The third-order valence-corrected chi connectivity index (χ3v) is 7.95. The van der Waals surface area contributed by atoms with Gasteiger partial charge in [-0.1, -0.05) is 43.7 Å². The Kier molecular flexibility index (Phi) is 7.01. The Hall–Kier alpha value is -2.42. The largest absolute Gasteiger partial charge is 0.481 e. The number of hydrogen-bond acceptors (Lipinski definition) is 5. The summed E-state index contributed by atoms with van der Waals surface area (Å²) in [5.74, 6) is -3.82. The van der Waals surface area contributed by atoms with Gasteiger partial charge in [0.15, 0.2) is 0 Å². The minimum absolute atomic E-state index is 0.135. The molecule has 3 fully saturated rings. The zero-order valence-corrected chi connectivity index (χ0v) is 21.1. The van der Waals surface area contributed by atoms with Crippen LogP contribution in [0.25, 0.3) is 0 Å². The third kappa shape index (κ3) is 3.96. The normalized spacial score (nSPS) is 30.0. The number of carbonyl (C=O) groups is 3. The average Bonchev–Trinajstić information content (AvgIpc) is 3.43. The summed E-state index contributed by atoms with van der Waals surface area (Å²) in [6.07, 6.45) is 2.28. The Morgan fingerprint density at radius 2 is 2.11 bits per heavy atom. The number of carboxylic acid groups (broad SMARTS) is 1. The first-order valence-electron chi connectivity index (χ1n) is 12.1. The van der Waals surface area contributed by atoms with E-state index in [-0.39, 0.29) is 19.1 Å². The maximum atomic E-state index is 14.4. The van der Waals surface area contributed by atoms with E-state index < -0.39 is 53.4 Å². The van der Waals surface area contributed by atoms with E-state index in [0.717, 1.165) is 5.56 Å². The Morgan fingerprint density at radius 1 is 1.40 bits per heavy atom. The molecular weight excluding hydrogens is 472 g/mol. The number of ether oxygens (including phenoxy) is 1. The minimum Gasteiger partial charge on any atom is -0.481 e. The smallest absolute Gasteiger partial charge is 0.310 e. The number of aliphatic hydroxyl groups excluding tert-OH is 1. The van der Waals surface area contributed by atoms with Gasteiger partial charge in [-0.05, 0) is 43.7 Å². The molecule has 8 nitrogen and oxygen atoms in total. The maximum Gasteiger partial charge on any atom is 0.310 e. The fraction of sp³-hybridized carbons (Fsp3) is 0.577. The molecule has 4 rings (SSSR count).